The molecule has 412 valence electrons. The second kappa shape index (κ2) is 18.9. The third-order valence-electron chi connectivity index (χ3n) is 20.5. The molecule has 0 saturated carbocycles. The molecule has 0 aromatic heterocycles. The Kier molecular flexibility index (Phi) is 10.9. The van der Waals surface area contributed by atoms with Crippen LogP contribution in [0.1, 0.15) is 49.9 Å². The lowest BCUT2D eigenvalue weighted by atomic mass is 9.62. The zero-order valence-corrected chi connectivity index (χ0v) is 49.7. The van der Waals surface area contributed by atoms with Crippen LogP contribution in [-0.4, -0.2) is 0 Å². The number of fused-ring (bicyclic) bond motifs is 10. The molecule has 0 nitrogen and oxygen atoms in total. The van der Waals surface area contributed by atoms with Gasteiger partial charge in [0.05, 0.1) is 0 Å². The van der Waals surface area contributed by atoms with Crippen molar-refractivity contribution in [1.29, 1.82) is 0 Å². The highest BCUT2D eigenvalue weighted by Gasteiger charge is 2.40. The molecule has 88 heavy (non-hydrogen) atoms. The van der Waals surface area contributed by atoms with E-state index in [-0.39, 0.29) is 10.8 Å². The van der Waals surface area contributed by atoms with Crippen molar-refractivity contribution < 1.29 is 0 Å². The molecule has 0 N–H and O–H groups in total. The molecule has 0 atom stereocenters. The summed E-state index contributed by atoms with van der Waals surface area (Å²) < 4.78 is 0. The highest BCUT2D eigenvalue weighted by atomic mass is 14.4. The second-order valence-corrected chi connectivity index (χ2v) is 25.7. The van der Waals surface area contributed by atoms with Crippen LogP contribution in [-0.2, 0) is 10.8 Å². The molecule has 0 saturated heterocycles. The summed E-state index contributed by atoms with van der Waals surface area (Å²) in [5, 5.41) is 17.9. The molecule has 0 fully saturated rings. The van der Waals surface area contributed by atoms with E-state index in [2.05, 4.69) is 319 Å². The lowest BCUT2D eigenvalue weighted by molar-refractivity contribution is 0.633. The van der Waals surface area contributed by atoms with Crippen molar-refractivity contribution in [1.82, 2.24) is 0 Å². The van der Waals surface area contributed by atoms with Crippen molar-refractivity contribution in [2.45, 2.75) is 38.5 Å². The first kappa shape index (κ1) is 50.6. The molecule has 0 spiro atoms. The van der Waals surface area contributed by atoms with Crippen molar-refractivity contribution in [2.75, 3.05) is 0 Å². The van der Waals surface area contributed by atoms with Crippen molar-refractivity contribution in [2.24, 2.45) is 0 Å². The zero-order chi connectivity index (χ0) is 58.6. The Morgan fingerprint density at radius 3 is 0.818 bits per heavy atom. The molecule has 0 amide bonds. The third-order valence-corrected chi connectivity index (χ3v) is 20.5. The SMILES string of the molecule is CC1(C)c2cc(-c3c4ccccc4c(-c4ccccc4-c4cccc5ccccc45)c4ccccc34)ccc2-c2ccc3c4c(ccc1c24)C(C)(C)c1cc(-c2c4ccccc4c(-c4ccccc4-c4cccc5ccccc45)c4ccccc24)ccc1-3. The average molecular weight is 1120 g/mol. The van der Waals surface area contributed by atoms with Crippen LogP contribution in [0.4, 0.5) is 0 Å². The summed E-state index contributed by atoms with van der Waals surface area (Å²) >= 11 is 0. The fraction of sp³-hybridized carbons (Fsp3) is 0.0682. The van der Waals surface area contributed by atoms with Gasteiger partial charge in [-0.3, -0.25) is 0 Å². The Morgan fingerprint density at radius 1 is 0.182 bits per heavy atom. The van der Waals surface area contributed by atoms with E-state index < -0.39 is 0 Å². The van der Waals surface area contributed by atoms with E-state index in [9.17, 15) is 0 Å². The summed E-state index contributed by atoms with van der Waals surface area (Å²) in [7, 11) is 0. The summed E-state index contributed by atoms with van der Waals surface area (Å²) in [5.41, 5.74) is 25.3. The first-order chi connectivity index (χ1) is 43.2. The van der Waals surface area contributed by atoms with Gasteiger partial charge in [0.2, 0.25) is 0 Å². The first-order valence-electron chi connectivity index (χ1n) is 31.2. The van der Waals surface area contributed by atoms with Crippen molar-refractivity contribution >= 4 is 75.4 Å². The Labute approximate surface area is 513 Å². The van der Waals surface area contributed by atoms with Gasteiger partial charge in [0, 0.05) is 10.8 Å². The molecule has 2 aliphatic rings. The number of benzene rings is 16. The maximum atomic E-state index is 2.54. The summed E-state index contributed by atoms with van der Waals surface area (Å²) in [4.78, 5) is 0. The quantitative estimate of drug-likeness (QED) is 0.146. The number of rotatable bonds is 6. The monoisotopic (exact) mass is 1120 g/mol. The third kappa shape index (κ3) is 7.15. The van der Waals surface area contributed by atoms with Crippen LogP contribution < -0.4 is 0 Å². The molecule has 0 aliphatic heterocycles. The van der Waals surface area contributed by atoms with E-state index in [1.54, 1.807) is 0 Å². The van der Waals surface area contributed by atoms with Crippen molar-refractivity contribution in [3.63, 3.8) is 0 Å². The van der Waals surface area contributed by atoms with E-state index in [4.69, 9.17) is 0 Å². The fourth-order valence-corrected chi connectivity index (χ4v) is 16.4. The Hall–Kier alpha value is -10.7. The van der Waals surface area contributed by atoms with Crippen LogP contribution in [0.15, 0.2) is 291 Å². The summed E-state index contributed by atoms with van der Waals surface area (Å²) in [6.45, 7) is 9.84. The minimum atomic E-state index is -0.295. The minimum absolute atomic E-state index is 0.295. The van der Waals surface area contributed by atoms with Gasteiger partial charge in [0.1, 0.15) is 0 Å². The number of hydrogen-bond acceptors (Lipinski definition) is 0. The molecule has 0 radical (unpaired) electrons. The predicted octanol–water partition coefficient (Wildman–Crippen LogP) is 24.4. The molecule has 16 aromatic carbocycles. The lowest BCUT2D eigenvalue weighted by Crippen LogP contribution is -2.28. The topological polar surface area (TPSA) is 0 Å². The van der Waals surface area contributed by atoms with Gasteiger partial charge >= 0.3 is 0 Å². The van der Waals surface area contributed by atoms with Crippen LogP contribution in [0.2, 0.25) is 0 Å². The first-order valence-corrected chi connectivity index (χ1v) is 31.2. The van der Waals surface area contributed by atoms with Crippen LogP contribution in [0.5, 0.6) is 0 Å². The Balaban J connectivity index is 0.780. The van der Waals surface area contributed by atoms with E-state index in [1.165, 1.54) is 187 Å². The Morgan fingerprint density at radius 2 is 0.455 bits per heavy atom. The molecule has 0 heterocycles. The molecular weight excluding hydrogens is 1060 g/mol. The van der Waals surface area contributed by atoms with Gasteiger partial charge in [-0.25, -0.2) is 0 Å². The summed E-state index contributed by atoms with van der Waals surface area (Å²) in [5.74, 6) is 0. The van der Waals surface area contributed by atoms with Gasteiger partial charge in [-0.05, 0) is 199 Å². The van der Waals surface area contributed by atoms with E-state index >= 15 is 0 Å². The number of hydrogen-bond donors (Lipinski definition) is 0. The van der Waals surface area contributed by atoms with E-state index in [0.717, 1.165) is 0 Å². The summed E-state index contributed by atoms with van der Waals surface area (Å²) in [6, 6.07) is 110. The maximum Gasteiger partial charge on any atom is 0.0159 e. The molecule has 0 heteroatoms. The minimum Gasteiger partial charge on any atom is -0.0616 e. The predicted molar refractivity (Wildman–Crippen MR) is 377 cm³/mol. The van der Waals surface area contributed by atoms with Crippen LogP contribution in [0.25, 0.3) is 164 Å². The largest absolute Gasteiger partial charge is 0.0616 e. The van der Waals surface area contributed by atoms with Gasteiger partial charge in [-0.15, -0.1) is 0 Å². The average Bonchev–Trinajstić information content (AvgIpc) is 0.703. The highest BCUT2D eigenvalue weighted by molar-refractivity contribution is 6.25. The normalized spacial score (nSPS) is 13.6. The van der Waals surface area contributed by atoms with Crippen molar-refractivity contribution in [3.05, 3.63) is 313 Å². The standard InChI is InChI=1S/C88H60/c1-87(2)77-49-50-78-86-76(64-46-44-56(52-80(64)88(78,3)4)82-69-35-15-19-39-73(69)84(74-40-20-16-36-70(74)82)66-32-12-10-30-62(66)60-42-22-26-54-24-6-8-28-58(54)60)48-47-75(85(77)86)63-45-43-55(51-79(63)87)81-67-33-13-17-37-71(67)83(72-38-18-14-34-68(72)81)65-31-11-9-29-61(65)59-41-21-25-53-23-5-7-27-57(53)59/h5-52H,1-4H3. The molecule has 16 aromatic rings. The van der Waals surface area contributed by atoms with Gasteiger partial charge in [-0.2, -0.15) is 0 Å². The molecular formula is C88H60. The second-order valence-electron chi connectivity index (χ2n) is 25.7. The van der Waals surface area contributed by atoms with Crippen LogP contribution >= 0.6 is 0 Å². The van der Waals surface area contributed by atoms with Crippen molar-refractivity contribution in [3.8, 4) is 89.0 Å². The molecule has 0 unspecified atom stereocenters. The van der Waals surface area contributed by atoms with Gasteiger partial charge in [0.15, 0.2) is 0 Å². The fourth-order valence-electron chi connectivity index (χ4n) is 16.4. The van der Waals surface area contributed by atoms with Gasteiger partial charge in [-0.1, -0.05) is 307 Å². The van der Waals surface area contributed by atoms with Gasteiger partial charge < -0.3 is 0 Å². The maximum absolute atomic E-state index is 2.54. The van der Waals surface area contributed by atoms with Gasteiger partial charge in [0.25, 0.3) is 0 Å². The van der Waals surface area contributed by atoms with Crippen LogP contribution in [0.3, 0.4) is 0 Å². The lowest BCUT2D eigenvalue weighted by Gasteiger charge is -2.41. The molecule has 18 rings (SSSR count). The zero-order valence-electron chi connectivity index (χ0n) is 49.7. The summed E-state index contributed by atoms with van der Waals surface area (Å²) in [6.07, 6.45) is 0. The smallest absolute Gasteiger partial charge is 0.0159 e. The highest BCUT2D eigenvalue weighted by Crippen LogP contribution is 2.58. The molecule has 0 bridgehead atoms. The molecule has 2 aliphatic carbocycles. The van der Waals surface area contributed by atoms with E-state index in [1.807, 2.05) is 0 Å². The Bertz CT molecular complexity index is 5210. The van der Waals surface area contributed by atoms with Crippen LogP contribution in [0, 0.1) is 0 Å². The van der Waals surface area contributed by atoms with E-state index in [0.29, 0.717) is 0 Å².